The molecule has 0 spiro atoms. The molecule has 136 valence electrons. The molecule has 27 heavy (non-hydrogen) atoms. The molecule has 1 unspecified atom stereocenters. The molecule has 1 aromatic heterocycles. The van der Waals surface area contributed by atoms with Crippen LogP contribution in [0.4, 0.5) is 5.69 Å². The molecule has 4 rings (SSSR count). The molecule has 0 fully saturated rings. The number of aliphatic imine (C=N–C) groups is 1. The van der Waals surface area contributed by atoms with Crippen LogP contribution >= 0.6 is 31.9 Å². The number of phenolic OH excluding ortho intramolecular Hbond substituents is 1. The van der Waals surface area contributed by atoms with E-state index in [1.54, 1.807) is 18.2 Å². The molecule has 3 nitrogen and oxygen atoms in total. The molecule has 2 aromatic rings. The van der Waals surface area contributed by atoms with Crippen molar-refractivity contribution in [2.24, 2.45) is 4.99 Å². The minimum atomic E-state index is -2.36. The fourth-order valence-corrected chi connectivity index (χ4v) is 12.3. The van der Waals surface area contributed by atoms with Crippen molar-refractivity contribution < 1.29 is 9.90 Å². The molecule has 2 aliphatic rings. The molecule has 1 N–H and O–H groups in total. The molecule has 7 heteroatoms. The van der Waals surface area contributed by atoms with E-state index in [0.29, 0.717) is 0 Å². The summed E-state index contributed by atoms with van der Waals surface area (Å²) >= 11 is 7.32. The number of nitrogens with zero attached hydrogens (tertiary/aromatic N) is 1. The molecule has 1 aliphatic heterocycles. The Balaban J connectivity index is 2.11. The summed E-state index contributed by atoms with van der Waals surface area (Å²) in [6.45, 7) is 6.21. The van der Waals surface area contributed by atoms with Crippen LogP contribution in [-0.4, -0.2) is 39.2 Å². The summed E-state index contributed by atoms with van der Waals surface area (Å²) in [6.07, 6.45) is 7.03. The fourth-order valence-electron chi connectivity index (χ4n) is 3.79. The van der Waals surface area contributed by atoms with E-state index in [2.05, 4.69) is 45.0 Å². The first-order valence-electron chi connectivity index (χ1n) is 8.31. The Morgan fingerprint density at radius 3 is 2.78 bits per heavy atom. The van der Waals surface area contributed by atoms with Gasteiger partial charge in [-0.05, 0) is 0 Å². The second-order valence-corrected chi connectivity index (χ2v) is 15.9. The third kappa shape index (κ3) is 3.06. The Morgan fingerprint density at radius 1 is 1.33 bits per heavy atom. The molecule has 0 saturated heterocycles. The zero-order valence-corrected chi connectivity index (χ0v) is 20.3. The SMILES string of the molecule is C=CC[Si]1(C)C2=CC(=O)C=CC2=Nc2ccc(O)c(-c3[se]c(Br)cc3Br)c21. The van der Waals surface area contributed by atoms with Gasteiger partial charge in [0.1, 0.15) is 0 Å². The number of aromatic hydroxyl groups is 1. The van der Waals surface area contributed by atoms with Crippen LogP contribution in [-0.2, 0) is 4.79 Å². The van der Waals surface area contributed by atoms with Crippen molar-refractivity contribution in [1.82, 2.24) is 0 Å². The molecular formula is C20H15Br2NO2SeSi. The van der Waals surface area contributed by atoms with Gasteiger partial charge in [0.15, 0.2) is 0 Å². The molecule has 1 aromatic carbocycles. The van der Waals surface area contributed by atoms with E-state index in [-0.39, 0.29) is 26.0 Å². The third-order valence-electron chi connectivity index (χ3n) is 4.95. The van der Waals surface area contributed by atoms with Crippen LogP contribution in [0.25, 0.3) is 10.0 Å². The van der Waals surface area contributed by atoms with Gasteiger partial charge in [0.25, 0.3) is 0 Å². The summed E-state index contributed by atoms with van der Waals surface area (Å²) in [6, 6.07) is 6.43. The van der Waals surface area contributed by atoms with Gasteiger partial charge in [0, 0.05) is 0 Å². The van der Waals surface area contributed by atoms with Crippen molar-refractivity contribution in [2.75, 3.05) is 0 Å². The second kappa shape index (κ2) is 6.97. The fraction of sp³-hybridized carbons (Fsp3) is 0.100. The van der Waals surface area contributed by atoms with Crippen molar-refractivity contribution in [3.63, 3.8) is 0 Å². The normalized spacial score (nSPS) is 20.6. The van der Waals surface area contributed by atoms with Crippen molar-refractivity contribution in [1.29, 1.82) is 0 Å². The number of ketones is 1. The van der Waals surface area contributed by atoms with E-state index in [1.807, 2.05) is 24.3 Å². The van der Waals surface area contributed by atoms with Gasteiger partial charge in [-0.25, -0.2) is 0 Å². The third-order valence-corrected chi connectivity index (χ3v) is 13.5. The summed E-state index contributed by atoms with van der Waals surface area (Å²) in [5.74, 6) is 0.254. The second-order valence-electron chi connectivity index (χ2n) is 6.70. The van der Waals surface area contributed by atoms with E-state index in [1.165, 1.54) is 0 Å². The van der Waals surface area contributed by atoms with Crippen molar-refractivity contribution >= 4 is 76.8 Å². The summed E-state index contributed by atoms with van der Waals surface area (Å²) in [5.41, 5.74) is 2.61. The number of carbonyl (C=O) groups is 1. The quantitative estimate of drug-likeness (QED) is 0.329. The van der Waals surface area contributed by atoms with E-state index >= 15 is 0 Å². The van der Waals surface area contributed by atoms with Crippen LogP contribution in [0.5, 0.6) is 5.75 Å². The van der Waals surface area contributed by atoms with Crippen LogP contribution in [0, 0.1) is 0 Å². The number of rotatable bonds is 3. The van der Waals surface area contributed by atoms with Gasteiger partial charge in [-0.2, -0.15) is 0 Å². The maximum atomic E-state index is 12.1. The zero-order valence-electron chi connectivity index (χ0n) is 14.4. The number of benzene rings is 1. The number of hydrogen-bond acceptors (Lipinski definition) is 3. The minimum absolute atomic E-state index is 0.00761. The molecule has 2 heterocycles. The first-order valence-corrected chi connectivity index (χ1v) is 14.3. The zero-order chi connectivity index (χ0) is 19.3. The van der Waals surface area contributed by atoms with Gasteiger partial charge in [-0.3, -0.25) is 0 Å². The van der Waals surface area contributed by atoms with Gasteiger partial charge in [-0.1, -0.05) is 0 Å². The van der Waals surface area contributed by atoms with Gasteiger partial charge in [0.05, 0.1) is 0 Å². The monoisotopic (exact) mass is 567 g/mol. The van der Waals surface area contributed by atoms with Gasteiger partial charge >= 0.3 is 182 Å². The average molecular weight is 568 g/mol. The first kappa shape index (κ1) is 19.1. The Bertz CT molecular complexity index is 1100. The summed E-state index contributed by atoms with van der Waals surface area (Å²) in [4.78, 5) is 17.0. The van der Waals surface area contributed by atoms with Crippen LogP contribution in [0.1, 0.15) is 0 Å². The summed E-state index contributed by atoms with van der Waals surface area (Å²) in [5, 5.41) is 12.9. The average Bonchev–Trinajstić information content (AvgIpc) is 2.95. The Hall–Kier alpha value is -1.24. The van der Waals surface area contributed by atoms with E-state index in [9.17, 15) is 9.90 Å². The van der Waals surface area contributed by atoms with Crippen LogP contribution in [0.3, 0.4) is 0 Å². The molecule has 0 saturated carbocycles. The van der Waals surface area contributed by atoms with Gasteiger partial charge in [-0.15, -0.1) is 0 Å². The Labute approximate surface area is 181 Å². The number of hydrogen-bond donors (Lipinski definition) is 1. The summed E-state index contributed by atoms with van der Waals surface area (Å²) in [7, 11) is -2.36. The van der Waals surface area contributed by atoms with Gasteiger partial charge in [0.2, 0.25) is 0 Å². The Morgan fingerprint density at radius 2 is 2.11 bits per heavy atom. The van der Waals surface area contributed by atoms with E-state index in [0.717, 1.165) is 45.6 Å². The van der Waals surface area contributed by atoms with Crippen molar-refractivity contribution in [3.05, 3.63) is 62.1 Å². The molecule has 1 aliphatic carbocycles. The van der Waals surface area contributed by atoms with Crippen molar-refractivity contribution in [2.45, 2.75) is 12.6 Å². The standard InChI is InChI=1S/C20H15Br2NO2SeSi/c1-3-8-27(2)16-9-11(24)4-5-13(16)23-14-6-7-15(25)18(20(14)27)19-12(21)10-17(22)26-19/h3-7,9-10,25H,1,8H2,2H3. The molecule has 1 atom stereocenters. The van der Waals surface area contributed by atoms with Gasteiger partial charge < -0.3 is 0 Å². The van der Waals surface area contributed by atoms with E-state index < -0.39 is 8.07 Å². The molecular weight excluding hydrogens is 553 g/mol. The Kier molecular flexibility index (Phi) is 4.93. The molecule has 0 radical (unpaired) electrons. The molecule has 0 amide bonds. The topological polar surface area (TPSA) is 49.7 Å². The number of fused-ring (bicyclic) bond motifs is 2. The van der Waals surface area contributed by atoms with E-state index in [4.69, 9.17) is 4.99 Å². The van der Waals surface area contributed by atoms with Crippen LogP contribution in [0.2, 0.25) is 12.6 Å². The first-order chi connectivity index (χ1) is 12.8. The van der Waals surface area contributed by atoms with Crippen molar-refractivity contribution in [3.8, 4) is 15.8 Å². The molecule has 0 bridgehead atoms. The maximum absolute atomic E-state index is 12.1. The predicted molar refractivity (Wildman–Crippen MR) is 121 cm³/mol. The number of allylic oxidation sites excluding steroid dienone is 5. The van der Waals surface area contributed by atoms with Crippen LogP contribution < -0.4 is 5.19 Å². The number of halogens is 2. The predicted octanol–water partition coefficient (Wildman–Crippen LogP) is 4.80. The number of phenols is 1. The summed E-state index contributed by atoms with van der Waals surface area (Å²) < 4.78 is 3.20. The van der Waals surface area contributed by atoms with Crippen LogP contribution in [0.15, 0.2) is 67.1 Å². The number of carbonyl (C=O) groups excluding carboxylic acids is 1.